The van der Waals surface area contributed by atoms with E-state index < -0.39 is 0 Å². The molecule has 0 aliphatic heterocycles. The van der Waals surface area contributed by atoms with Crippen molar-refractivity contribution in [1.82, 2.24) is 15.6 Å². The molecular formula is C18H33IN4S2. The number of rotatable bonds is 5. The van der Waals surface area contributed by atoms with E-state index >= 15 is 0 Å². The zero-order valence-corrected chi connectivity index (χ0v) is 20.1. The van der Waals surface area contributed by atoms with Crippen molar-refractivity contribution in [3.05, 3.63) is 16.1 Å². The summed E-state index contributed by atoms with van der Waals surface area (Å²) in [6.45, 7) is 10.2. The van der Waals surface area contributed by atoms with Crippen molar-refractivity contribution in [2.45, 2.75) is 76.6 Å². The summed E-state index contributed by atoms with van der Waals surface area (Å²) in [6.07, 6.45) is 7.36. The summed E-state index contributed by atoms with van der Waals surface area (Å²) in [4.78, 5) is 9.50. The van der Waals surface area contributed by atoms with Crippen molar-refractivity contribution in [3.8, 4) is 0 Å². The van der Waals surface area contributed by atoms with Gasteiger partial charge in [-0.15, -0.1) is 35.3 Å². The van der Waals surface area contributed by atoms with Crippen molar-refractivity contribution in [1.29, 1.82) is 0 Å². The number of aliphatic imine (C=N–C) groups is 1. The Morgan fingerprint density at radius 2 is 2.16 bits per heavy atom. The highest BCUT2D eigenvalue weighted by Gasteiger charge is 2.22. The molecule has 2 atom stereocenters. The number of hydrogen-bond donors (Lipinski definition) is 2. The maximum Gasteiger partial charge on any atom is 0.191 e. The van der Waals surface area contributed by atoms with Crippen LogP contribution in [0.25, 0.3) is 0 Å². The molecule has 1 heterocycles. The molecule has 25 heavy (non-hydrogen) atoms. The van der Waals surface area contributed by atoms with E-state index in [-0.39, 0.29) is 29.4 Å². The first-order valence-electron chi connectivity index (χ1n) is 8.95. The molecule has 1 aromatic heterocycles. The molecule has 0 bridgehead atoms. The molecule has 0 spiro atoms. The van der Waals surface area contributed by atoms with Gasteiger partial charge in [0.05, 0.1) is 12.2 Å². The van der Waals surface area contributed by atoms with Crippen LogP contribution in [0, 0.1) is 0 Å². The number of hydrogen-bond acceptors (Lipinski definition) is 4. The Morgan fingerprint density at radius 1 is 1.40 bits per heavy atom. The fraction of sp³-hybridized carbons (Fsp3) is 0.778. The largest absolute Gasteiger partial charge is 0.357 e. The van der Waals surface area contributed by atoms with Gasteiger partial charge in [-0.1, -0.05) is 27.2 Å². The number of aromatic nitrogens is 1. The van der Waals surface area contributed by atoms with E-state index in [4.69, 9.17) is 9.98 Å². The Bertz CT molecular complexity index is 539. The Morgan fingerprint density at radius 3 is 2.76 bits per heavy atom. The summed E-state index contributed by atoms with van der Waals surface area (Å²) in [6, 6.07) is 0.537. The Kier molecular flexibility index (Phi) is 10.1. The normalized spacial score (nSPS) is 21.6. The molecule has 2 N–H and O–H groups in total. The quantitative estimate of drug-likeness (QED) is 0.350. The van der Waals surface area contributed by atoms with Crippen LogP contribution in [0.5, 0.6) is 0 Å². The van der Waals surface area contributed by atoms with Crippen LogP contribution in [0.15, 0.2) is 10.4 Å². The van der Waals surface area contributed by atoms with E-state index in [2.05, 4.69) is 50.0 Å². The molecule has 2 unspecified atom stereocenters. The fourth-order valence-electron chi connectivity index (χ4n) is 2.88. The predicted octanol–water partition coefficient (Wildman–Crippen LogP) is 4.79. The lowest BCUT2D eigenvalue weighted by Gasteiger charge is -2.29. The minimum Gasteiger partial charge on any atom is -0.357 e. The maximum atomic E-state index is 4.76. The summed E-state index contributed by atoms with van der Waals surface area (Å²) in [7, 11) is 0. The Hall–Kier alpha value is -0.0200. The van der Waals surface area contributed by atoms with Crippen LogP contribution >= 0.6 is 47.1 Å². The minimum atomic E-state index is 0. The van der Waals surface area contributed by atoms with Crippen LogP contribution in [-0.2, 0) is 12.0 Å². The number of thiazole rings is 1. The first kappa shape index (κ1) is 23.0. The van der Waals surface area contributed by atoms with Gasteiger partial charge in [-0.05, 0) is 32.4 Å². The number of nitrogens with zero attached hydrogens (tertiary/aromatic N) is 2. The summed E-state index contributed by atoms with van der Waals surface area (Å²) < 4.78 is 0. The molecule has 1 aromatic rings. The lowest BCUT2D eigenvalue weighted by molar-refractivity contribution is 0.419. The lowest BCUT2D eigenvalue weighted by Crippen LogP contribution is -2.45. The molecule has 0 saturated heterocycles. The van der Waals surface area contributed by atoms with E-state index in [0.717, 1.165) is 28.5 Å². The van der Waals surface area contributed by atoms with Crippen LogP contribution in [-0.4, -0.2) is 35.0 Å². The summed E-state index contributed by atoms with van der Waals surface area (Å²) in [5.41, 5.74) is 1.27. The molecule has 1 aliphatic carbocycles. The van der Waals surface area contributed by atoms with Crippen molar-refractivity contribution in [2.24, 2.45) is 4.99 Å². The molecule has 1 aliphatic rings. The Labute approximate surface area is 178 Å². The van der Waals surface area contributed by atoms with Crippen molar-refractivity contribution >= 4 is 53.0 Å². The van der Waals surface area contributed by atoms with E-state index in [1.165, 1.54) is 25.7 Å². The number of guanidine groups is 1. The van der Waals surface area contributed by atoms with Crippen LogP contribution in [0.4, 0.5) is 0 Å². The van der Waals surface area contributed by atoms with E-state index in [1.807, 2.05) is 11.8 Å². The van der Waals surface area contributed by atoms with Gasteiger partial charge in [0.15, 0.2) is 5.96 Å². The van der Waals surface area contributed by atoms with Gasteiger partial charge in [-0.2, -0.15) is 11.8 Å². The lowest BCUT2D eigenvalue weighted by atomic mass is 9.93. The monoisotopic (exact) mass is 496 g/mol. The third-order valence-corrected chi connectivity index (χ3v) is 6.27. The fourth-order valence-corrected chi connectivity index (χ4v) is 4.65. The molecule has 4 nitrogen and oxygen atoms in total. The van der Waals surface area contributed by atoms with Crippen LogP contribution in [0.3, 0.4) is 0 Å². The Balaban J connectivity index is 0.00000312. The van der Waals surface area contributed by atoms with Crippen molar-refractivity contribution in [3.63, 3.8) is 0 Å². The van der Waals surface area contributed by atoms with Crippen molar-refractivity contribution in [2.75, 3.05) is 12.8 Å². The molecule has 144 valence electrons. The second kappa shape index (κ2) is 11.0. The topological polar surface area (TPSA) is 49.3 Å². The zero-order valence-electron chi connectivity index (χ0n) is 16.1. The summed E-state index contributed by atoms with van der Waals surface area (Å²) >= 11 is 3.71. The van der Waals surface area contributed by atoms with Gasteiger partial charge in [0.2, 0.25) is 0 Å². The first-order chi connectivity index (χ1) is 11.4. The zero-order chi connectivity index (χ0) is 17.6. The van der Waals surface area contributed by atoms with Crippen LogP contribution in [0.1, 0.15) is 64.1 Å². The molecule has 2 rings (SSSR count). The van der Waals surface area contributed by atoms with Crippen molar-refractivity contribution < 1.29 is 0 Å². The molecule has 0 aromatic carbocycles. The maximum absolute atomic E-state index is 4.76. The third-order valence-electron chi connectivity index (χ3n) is 4.34. The number of nitrogens with one attached hydrogen (secondary N) is 2. The molecule has 1 fully saturated rings. The average molecular weight is 497 g/mol. The highest BCUT2D eigenvalue weighted by Crippen LogP contribution is 2.27. The van der Waals surface area contributed by atoms with Gasteiger partial charge in [0.1, 0.15) is 5.01 Å². The number of halogens is 1. The highest BCUT2D eigenvalue weighted by atomic mass is 127. The molecule has 7 heteroatoms. The minimum absolute atomic E-state index is 0. The third kappa shape index (κ3) is 7.62. The van der Waals surface area contributed by atoms with E-state index in [0.29, 0.717) is 12.6 Å². The second-order valence-electron chi connectivity index (χ2n) is 7.44. The van der Waals surface area contributed by atoms with Gasteiger partial charge in [0.25, 0.3) is 0 Å². The molecule has 0 amide bonds. The summed E-state index contributed by atoms with van der Waals surface area (Å²) in [5, 5.41) is 11.0. The molecule has 0 radical (unpaired) electrons. The van der Waals surface area contributed by atoms with Gasteiger partial charge >= 0.3 is 0 Å². The smallest absolute Gasteiger partial charge is 0.191 e. The van der Waals surface area contributed by atoms with Gasteiger partial charge in [0, 0.05) is 28.6 Å². The SMILES string of the molecule is CCNC(=NCc1nc(C(C)(C)C)cs1)NC1CCCC(SC)C1.I. The van der Waals surface area contributed by atoms with E-state index in [9.17, 15) is 0 Å². The van der Waals surface area contributed by atoms with Gasteiger partial charge < -0.3 is 10.6 Å². The van der Waals surface area contributed by atoms with Crippen LogP contribution < -0.4 is 10.6 Å². The highest BCUT2D eigenvalue weighted by molar-refractivity contribution is 14.0. The average Bonchev–Trinajstić information content (AvgIpc) is 3.02. The van der Waals surface area contributed by atoms with Gasteiger partial charge in [-0.25, -0.2) is 9.98 Å². The molecule has 1 saturated carbocycles. The summed E-state index contributed by atoms with van der Waals surface area (Å²) in [5.74, 6) is 0.928. The van der Waals surface area contributed by atoms with E-state index in [1.54, 1.807) is 11.3 Å². The van der Waals surface area contributed by atoms with Crippen LogP contribution in [0.2, 0.25) is 0 Å². The first-order valence-corrected chi connectivity index (χ1v) is 11.1. The second-order valence-corrected chi connectivity index (χ2v) is 9.52. The van der Waals surface area contributed by atoms with Gasteiger partial charge in [-0.3, -0.25) is 0 Å². The predicted molar refractivity (Wildman–Crippen MR) is 124 cm³/mol. The molecular weight excluding hydrogens is 463 g/mol. The standard InChI is InChI=1S/C18H32N4S2.HI/c1-6-19-17(21-13-8-7-9-14(10-13)23-5)20-11-16-22-15(12-24-16)18(2,3)4;/h12-14H,6-11H2,1-5H3,(H2,19,20,21);1H. The number of thioether (sulfide) groups is 1.